The van der Waals surface area contributed by atoms with E-state index in [4.69, 9.17) is 9.84 Å². The van der Waals surface area contributed by atoms with Gasteiger partial charge in [-0.2, -0.15) is 0 Å². The topological polar surface area (TPSA) is 44.7 Å². The summed E-state index contributed by atoms with van der Waals surface area (Å²) in [6.07, 6.45) is 0. The first kappa shape index (κ1) is 13.9. The molecule has 0 aliphatic carbocycles. The van der Waals surface area contributed by atoms with Gasteiger partial charge in [0, 0.05) is 44.2 Å². The summed E-state index contributed by atoms with van der Waals surface area (Å²) in [7, 11) is 0. The molecule has 1 fully saturated rings. The Kier molecular flexibility index (Phi) is 5.69. The molecule has 0 aromatic carbocycles. The summed E-state index contributed by atoms with van der Waals surface area (Å²) < 4.78 is 5.32. The molecule has 1 unspecified atom stereocenters. The Morgan fingerprint density at radius 1 is 1.38 bits per heavy atom. The predicted octanol–water partition coefficient (Wildman–Crippen LogP) is 0.315. The van der Waals surface area contributed by atoms with Crippen molar-refractivity contribution in [3.8, 4) is 0 Å². The molecule has 0 spiro atoms. The van der Waals surface area contributed by atoms with Crippen LogP contribution >= 0.6 is 0 Å². The third kappa shape index (κ3) is 5.25. The molecule has 4 heteroatoms. The summed E-state index contributed by atoms with van der Waals surface area (Å²) in [6.45, 7) is 12.3. The fourth-order valence-corrected chi connectivity index (χ4v) is 1.74. The van der Waals surface area contributed by atoms with Crippen molar-refractivity contribution in [3.63, 3.8) is 0 Å². The second-order valence-corrected chi connectivity index (χ2v) is 5.52. The van der Waals surface area contributed by atoms with E-state index in [1.54, 1.807) is 0 Å². The van der Waals surface area contributed by atoms with Crippen LogP contribution in [0.15, 0.2) is 0 Å². The summed E-state index contributed by atoms with van der Waals surface area (Å²) in [5.41, 5.74) is -0.0285. The minimum atomic E-state index is -0.0285. The first-order chi connectivity index (χ1) is 7.53. The third-order valence-electron chi connectivity index (χ3n) is 2.99. The van der Waals surface area contributed by atoms with Crippen molar-refractivity contribution in [2.24, 2.45) is 5.41 Å². The lowest BCUT2D eigenvalue weighted by Gasteiger charge is -2.31. The zero-order valence-corrected chi connectivity index (χ0v) is 10.8. The lowest BCUT2D eigenvalue weighted by molar-refractivity contribution is 0.0335. The number of hydrogen-bond acceptors (Lipinski definition) is 4. The molecule has 1 saturated heterocycles. The number of morpholine rings is 1. The van der Waals surface area contributed by atoms with Crippen molar-refractivity contribution in [2.75, 3.05) is 46.0 Å². The fourth-order valence-electron chi connectivity index (χ4n) is 1.74. The molecular formula is C12H26N2O2. The van der Waals surface area contributed by atoms with Crippen molar-refractivity contribution < 1.29 is 9.84 Å². The number of hydrogen-bond donors (Lipinski definition) is 2. The first-order valence-corrected chi connectivity index (χ1v) is 6.18. The standard InChI is InChI=1S/C12H26N2O2/c1-11(13-9-12(2,3)10-15)8-14-4-6-16-7-5-14/h11,13,15H,4-10H2,1-3H3. The fraction of sp³-hybridized carbons (Fsp3) is 1.00. The third-order valence-corrected chi connectivity index (χ3v) is 2.99. The van der Waals surface area contributed by atoms with E-state index in [9.17, 15) is 0 Å². The molecule has 1 aliphatic heterocycles. The average Bonchev–Trinajstić information content (AvgIpc) is 2.28. The highest BCUT2D eigenvalue weighted by molar-refractivity contribution is 4.75. The normalized spacial score (nSPS) is 21.0. The van der Waals surface area contributed by atoms with Gasteiger partial charge in [0.2, 0.25) is 0 Å². The van der Waals surface area contributed by atoms with Gasteiger partial charge >= 0.3 is 0 Å². The lowest BCUT2D eigenvalue weighted by atomic mass is 9.94. The summed E-state index contributed by atoms with van der Waals surface area (Å²) in [5.74, 6) is 0. The predicted molar refractivity (Wildman–Crippen MR) is 65.6 cm³/mol. The highest BCUT2D eigenvalue weighted by atomic mass is 16.5. The van der Waals surface area contributed by atoms with Gasteiger partial charge in [0.1, 0.15) is 0 Å². The van der Waals surface area contributed by atoms with Crippen LogP contribution in [-0.2, 0) is 4.74 Å². The van der Waals surface area contributed by atoms with E-state index in [0.29, 0.717) is 6.04 Å². The van der Waals surface area contributed by atoms with E-state index < -0.39 is 0 Å². The summed E-state index contributed by atoms with van der Waals surface area (Å²) in [4.78, 5) is 2.42. The second kappa shape index (κ2) is 6.55. The maximum absolute atomic E-state index is 9.16. The van der Waals surface area contributed by atoms with Crippen LogP contribution in [0, 0.1) is 5.41 Å². The molecule has 1 atom stereocenters. The van der Waals surface area contributed by atoms with E-state index in [2.05, 4.69) is 31.0 Å². The number of aliphatic hydroxyl groups is 1. The molecule has 16 heavy (non-hydrogen) atoms. The van der Waals surface area contributed by atoms with E-state index >= 15 is 0 Å². The SMILES string of the molecule is CC(CN1CCOCC1)NCC(C)(C)CO. The van der Waals surface area contributed by atoms with Crippen molar-refractivity contribution >= 4 is 0 Å². The molecular weight excluding hydrogens is 204 g/mol. The molecule has 0 radical (unpaired) electrons. The van der Waals surface area contributed by atoms with Crippen LogP contribution in [-0.4, -0.2) is 62.0 Å². The van der Waals surface area contributed by atoms with Gasteiger partial charge < -0.3 is 15.2 Å². The Bertz CT molecular complexity index is 191. The Morgan fingerprint density at radius 2 is 2.00 bits per heavy atom. The molecule has 1 aliphatic rings. The molecule has 96 valence electrons. The maximum Gasteiger partial charge on any atom is 0.0594 e. The average molecular weight is 230 g/mol. The van der Waals surface area contributed by atoms with Crippen molar-refractivity contribution in [2.45, 2.75) is 26.8 Å². The molecule has 1 rings (SSSR count). The van der Waals surface area contributed by atoms with Gasteiger partial charge in [-0.25, -0.2) is 0 Å². The Morgan fingerprint density at radius 3 is 2.56 bits per heavy atom. The minimum Gasteiger partial charge on any atom is -0.396 e. The van der Waals surface area contributed by atoms with Gasteiger partial charge in [0.15, 0.2) is 0 Å². The number of rotatable bonds is 6. The summed E-state index contributed by atoms with van der Waals surface area (Å²) in [5, 5.41) is 12.6. The highest BCUT2D eigenvalue weighted by Gasteiger charge is 2.18. The minimum absolute atomic E-state index is 0.0285. The van der Waals surface area contributed by atoms with Crippen LogP contribution in [0.25, 0.3) is 0 Å². The van der Waals surface area contributed by atoms with Crippen molar-refractivity contribution in [3.05, 3.63) is 0 Å². The number of nitrogens with one attached hydrogen (secondary N) is 1. The molecule has 0 saturated carbocycles. The Hall–Kier alpha value is -0.160. The van der Waals surface area contributed by atoms with Crippen LogP contribution in [0.2, 0.25) is 0 Å². The molecule has 0 amide bonds. The molecule has 0 aromatic heterocycles. The number of ether oxygens (including phenoxy) is 1. The van der Waals surface area contributed by atoms with Crippen LogP contribution < -0.4 is 5.32 Å². The molecule has 2 N–H and O–H groups in total. The quantitative estimate of drug-likeness (QED) is 0.689. The van der Waals surface area contributed by atoms with Gasteiger partial charge in [-0.1, -0.05) is 13.8 Å². The van der Waals surface area contributed by atoms with Crippen LogP contribution in [0.4, 0.5) is 0 Å². The first-order valence-electron chi connectivity index (χ1n) is 6.18. The molecule has 0 aromatic rings. The van der Waals surface area contributed by atoms with Gasteiger partial charge in [0.25, 0.3) is 0 Å². The Balaban J connectivity index is 2.17. The van der Waals surface area contributed by atoms with Crippen LogP contribution in [0.5, 0.6) is 0 Å². The van der Waals surface area contributed by atoms with E-state index in [1.165, 1.54) is 0 Å². The molecule has 0 bridgehead atoms. The monoisotopic (exact) mass is 230 g/mol. The van der Waals surface area contributed by atoms with Gasteiger partial charge in [-0.15, -0.1) is 0 Å². The second-order valence-electron chi connectivity index (χ2n) is 5.52. The number of nitrogens with zero attached hydrogens (tertiary/aromatic N) is 1. The maximum atomic E-state index is 9.16. The number of aliphatic hydroxyl groups excluding tert-OH is 1. The highest BCUT2D eigenvalue weighted by Crippen LogP contribution is 2.11. The van der Waals surface area contributed by atoms with Gasteiger partial charge in [-0.05, 0) is 6.92 Å². The zero-order valence-electron chi connectivity index (χ0n) is 10.8. The summed E-state index contributed by atoms with van der Waals surface area (Å²) >= 11 is 0. The zero-order chi connectivity index (χ0) is 12.0. The van der Waals surface area contributed by atoms with E-state index in [-0.39, 0.29) is 12.0 Å². The van der Waals surface area contributed by atoms with Crippen LogP contribution in [0.3, 0.4) is 0 Å². The van der Waals surface area contributed by atoms with Gasteiger partial charge in [-0.3, -0.25) is 4.90 Å². The lowest BCUT2D eigenvalue weighted by Crippen LogP contribution is -2.46. The largest absolute Gasteiger partial charge is 0.396 e. The Labute approximate surface area is 99.0 Å². The molecule has 4 nitrogen and oxygen atoms in total. The smallest absolute Gasteiger partial charge is 0.0594 e. The summed E-state index contributed by atoms with van der Waals surface area (Å²) in [6, 6.07) is 0.462. The van der Waals surface area contributed by atoms with Crippen molar-refractivity contribution in [1.82, 2.24) is 10.2 Å². The molecule has 1 heterocycles. The van der Waals surface area contributed by atoms with Crippen molar-refractivity contribution in [1.29, 1.82) is 0 Å². The van der Waals surface area contributed by atoms with Gasteiger partial charge in [0.05, 0.1) is 13.2 Å². The van der Waals surface area contributed by atoms with E-state index in [1.807, 2.05) is 0 Å². The van der Waals surface area contributed by atoms with E-state index in [0.717, 1.165) is 39.4 Å². The van der Waals surface area contributed by atoms with Crippen LogP contribution in [0.1, 0.15) is 20.8 Å².